The minimum atomic E-state index is -0.489. The Morgan fingerprint density at radius 1 is 1.26 bits per heavy atom. The largest absolute Gasteiger partial charge is 0.378 e. The summed E-state index contributed by atoms with van der Waals surface area (Å²) in [6, 6.07) is 6.32. The molecular formula is C16H18ClN3O3. The summed E-state index contributed by atoms with van der Waals surface area (Å²) in [5.74, 6) is -0.0850. The molecule has 3 amide bonds. The van der Waals surface area contributed by atoms with Crippen molar-refractivity contribution in [1.82, 2.24) is 15.5 Å². The number of allylic oxidation sites excluding steroid dienone is 1. The second kappa shape index (κ2) is 6.60. The van der Waals surface area contributed by atoms with E-state index in [1.54, 1.807) is 24.0 Å². The maximum atomic E-state index is 12.9. The van der Waals surface area contributed by atoms with Crippen molar-refractivity contribution in [3.8, 4) is 0 Å². The average molecular weight is 336 g/mol. The van der Waals surface area contributed by atoms with Crippen LogP contribution >= 0.6 is 11.6 Å². The lowest BCUT2D eigenvalue weighted by Crippen LogP contribution is -2.49. The second-order valence-electron chi connectivity index (χ2n) is 5.53. The van der Waals surface area contributed by atoms with E-state index in [9.17, 15) is 9.59 Å². The third kappa shape index (κ3) is 3.33. The Labute approximate surface area is 139 Å². The molecule has 6 nitrogen and oxygen atoms in total. The van der Waals surface area contributed by atoms with Gasteiger partial charge in [0.15, 0.2) is 0 Å². The van der Waals surface area contributed by atoms with E-state index in [-0.39, 0.29) is 11.9 Å². The molecule has 1 atom stereocenters. The standard InChI is InChI=1S/C16H18ClN3O3/c1-10-13(15(21)20-6-8-23-9-7-20)14(19-16(22)18-10)11-2-4-12(17)5-3-11/h2-5,14H,6-9H2,1H3,(H2,18,19,22)/t14-/m1/s1. The smallest absolute Gasteiger partial charge is 0.319 e. The number of urea groups is 1. The number of ether oxygens (including phenoxy) is 1. The van der Waals surface area contributed by atoms with E-state index in [0.29, 0.717) is 42.6 Å². The predicted octanol–water partition coefficient (Wildman–Crippen LogP) is 1.83. The topological polar surface area (TPSA) is 70.7 Å². The molecule has 1 aromatic rings. The molecular weight excluding hydrogens is 318 g/mol. The Balaban J connectivity index is 1.95. The van der Waals surface area contributed by atoms with Crippen LogP contribution in [0.1, 0.15) is 18.5 Å². The minimum absolute atomic E-state index is 0.0850. The molecule has 122 valence electrons. The maximum Gasteiger partial charge on any atom is 0.319 e. The van der Waals surface area contributed by atoms with Crippen LogP contribution in [0.25, 0.3) is 0 Å². The van der Waals surface area contributed by atoms with E-state index < -0.39 is 6.04 Å². The summed E-state index contributed by atoms with van der Waals surface area (Å²) in [5, 5.41) is 6.12. The van der Waals surface area contributed by atoms with Crippen LogP contribution in [-0.4, -0.2) is 43.1 Å². The molecule has 0 radical (unpaired) electrons. The van der Waals surface area contributed by atoms with Crippen molar-refractivity contribution in [2.75, 3.05) is 26.3 Å². The number of carbonyl (C=O) groups is 2. The molecule has 0 spiro atoms. The molecule has 2 N–H and O–H groups in total. The van der Waals surface area contributed by atoms with Gasteiger partial charge in [-0.05, 0) is 24.6 Å². The van der Waals surface area contributed by atoms with Crippen LogP contribution in [0.3, 0.4) is 0 Å². The minimum Gasteiger partial charge on any atom is -0.378 e. The average Bonchev–Trinajstić information content (AvgIpc) is 2.55. The van der Waals surface area contributed by atoms with Crippen molar-refractivity contribution >= 4 is 23.5 Å². The number of amides is 3. The number of nitrogens with zero attached hydrogens (tertiary/aromatic N) is 1. The number of hydrogen-bond donors (Lipinski definition) is 2. The van der Waals surface area contributed by atoms with E-state index in [4.69, 9.17) is 16.3 Å². The predicted molar refractivity (Wildman–Crippen MR) is 86.0 cm³/mol. The molecule has 0 aliphatic carbocycles. The van der Waals surface area contributed by atoms with Crippen LogP contribution in [0.4, 0.5) is 4.79 Å². The fraction of sp³-hybridized carbons (Fsp3) is 0.375. The quantitative estimate of drug-likeness (QED) is 0.866. The van der Waals surface area contributed by atoms with E-state index in [0.717, 1.165) is 5.56 Å². The zero-order valence-electron chi connectivity index (χ0n) is 12.8. The van der Waals surface area contributed by atoms with E-state index in [1.165, 1.54) is 0 Å². The molecule has 1 saturated heterocycles. The van der Waals surface area contributed by atoms with Gasteiger partial charge in [-0.2, -0.15) is 0 Å². The Morgan fingerprint density at radius 2 is 1.91 bits per heavy atom. The van der Waals surface area contributed by atoms with Crippen LogP contribution in [0.2, 0.25) is 5.02 Å². The van der Waals surface area contributed by atoms with Crippen molar-refractivity contribution in [3.63, 3.8) is 0 Å². The normalized spacial score (nSPS) is 21.7. The van der Waals surface area contributed by atoms with Gasteiger partial charge in [0.05, 0.1) is 24.8 Å². The summed E-state index contributed by atoms with van der Waals surface area (Å²) in [5.41, 5.74) is 1.94. The molecule has 0 aromatic heterocycles. The highest BCUT2D eigenvalue weighted by molar-refractivity contribution is 6.30. The lowest BCUT2D eigenvalue weighted by atomic mass is 9.94. The molecule has 2 aliphatic rings. The third-order valence-electron chi connectivity index (χ3n) is 4.00. The Morgan fingerprint density at radius 3 is 2.57 bits per heavy atom. The van der Waals surface area contributed by atoms with Gasteiger partial charge in [-0.1, -0.05) is 23.7 Å². The third-order valence-corrected chi connectivity index (χ3v) is 4.25. The van der Waals surface area contributed by atoms with Crippen molar-refractivity contribution in [1.29, 1.82) is 0 Å². The first-order chi connectivity index (χ1) is 11.1. The monoisotopic (exact) mass is 335 g/mol. The first-order valence-electron chi connectivity index (χ1n) is 7.47. The SMILES string of the molecule is CC1=C(C(=O)N2CCOCC2)[C@@H](c2ccc(Cl)cc2)NC(=O)N1. The molecule has 3 rings (SSSR count). The Hall–Kier alpha value is -2.05. The van der Waals surface area contributed by atoms with Crippen LogP contribution in [0.5, 0.6) is 0 Å². The van der Waals surface area contributed by atoms with Gasteiger partial charge in [-0.25, -0.2) is 4.79 Å². The van der Waals surface area contributed by atoms with Crippen molar-refractivity contribution < 1.29 is 14.3 Å². The van der Waals surface area contributed by atoms with Crippen LogP contribution in [-0.2, 0) is 9.53 Å². The Bertz CT molecular complexity index is 651. The number of morpholine rings is 1. The maximum absolute atomic E-state index is 12.9. The van der Waals surface area contributed by atoms with Gasteiger partial charge < -0.3 is 20.3 Å². The van der Waals surface area contributed by atoms with E-state index in [1.807, 2.05) is 12.1 Å². The molecule has 0 bridgehead atoms. The van der Waals surface area contributed by atoms with Crippen LogP contribution in [0, 0.1) is 0 Å². The number of nitrogens with one attached hydrogen (secondary N) is 2. The summed E-state index contributed by atoms with van der Waals surface area (Å²) < 4.78 is 5.30. The first-order valence-corrected chi connectivity index (χ1v) is 7.85. The fourth-order valence-electron chi connectivity index (χ4n) is 2.82. The summed E-state index contributed by atoms with van der Waals surface area (Å²) in [6.45, 7) is 3.91. The van der Waals surface area contributed by atoms with Crippen LogP contribution < -0.4 is 10.6 Å². The number of carbonyl (C=O) groups excluding carboxylic acids is 2. The second-order valence-corrected chi connectivity index (χ2v) is 5.96. The lowest BCUT2D eigenvalue weighted by molar-refractivity contribution is -0.131. The number of halogens is 1. The van der Waals surface area contributed by atoms with Gasteiger partial charge in [0.25, 0.3) is 5.91 Å². The highest BCUT2D eigenvalue weighted by atomic mass is 35.5. The first kappa shape index (κ1) is 15.8. The zero-order valence-corrected chi connectivity index (χ0v) is 13.5. The highest BCUT2D eigenvalue weighted by Crippen LogP contribution is 2.29. The molecule has 0 unspecified atom stereocenters. The summed E-state index contributed by atoms with van der Waals surface area (Å²) >= 11 is 5.93. The van der Waals surface area contributed by atoms with Gasteiger partial charge in [0.2, 0.25) is 0 Å². The van der Waals surface area contributed by atoms with Gasteiger partial charge >= 0.3 is 6.03 Å². The number of benzene rings is 1. The van der Waals surface area contributed by atoms with E-state index in [2.05, 4.69) is 10.6 Å². The van der Waals surface area contributed by atoms with Gasteiger partial charge in [0.1, 0.15) is 0 Å². The molecule has 1 aromatic carbocycles. The Kier molecular flexibility index (Phi) is 4.54. The number of hydrogen-bond acceptors (Lipinski definition) is 3. The van der Waals surface area contributed by atoms with Gasteiger partial charge in [-0.15, -0.1) is 0 Å². The van der Waals surface area contributed by atoms with Crippen molar-refractivity contribution in [2.45, 2.75) is 13.0 Å². The highest BCUT2D eigenvalue weighted by Gasteiger charge is 2.33. The number of rotatable bonds is 2. The fourth-order valence-corrected chi connectivity index (χ4v) is 2.95. The van der Waals surface area contributed by atoms with Crippen LogP contribution in [0.15, 0.2) is 35.5 Å². The molecule has 1 fully saturated rings. The molecule has 23 heavy (non-hydrogen) atoms. The summed E-state index contributed by atoms with van der Waals surface area (Å²) in [7, 11) is 0. The molecule has 2 heterocycles. The van der Waals surface area contributed by atoms with E-state index >= 15 is 0 Å². The zero-order chi connectivity index (χ0) is 16.4. The van der Waals surface area contributed by atoms with Gasteiger partial charge in [0, 0.05) is 23.8 Å². The molecule has 2 aliphatic heterocycles. The van der Waals surface area contributed by atoms with Gasteiger partial charge in [-0.3, -0.25) is 4.79 Å². The summed E-state index contributed by atoms with van der Waals surface area (Å²) in [6.07, 6.45) is 0. The van der Waals surface area contributed by atoms with Crippen molar-refractivity contribution in [3.05, 3.63) is 46.1 Å². The van der Waals surface area contributed by atoms with Crippen molar-refractivity contribution in [2.24, 2.45) is 0 Å². The summed E-state index contributed by atoms with van der Waals surface area (Å²) in [4.78, 5) is 26.5. The molecule has 0 saturated carbocycles. The lowest BCUT2D eigenvalue weighted by Gasteiger charge is -2.34. The molecule has 7 heteroatoms.